The lowest BCUT2D eigenvalue weighted by atomic mass is 10.1. The Morgan fingerprint density at radius 1 is 1.59 bits per heavy atom. The summed E-state index contributed by atoms with van der Waals surface area (Å²) in [7, 11) is 0. The molecule has 17 heavy (non-hydrogen) atoms. The normalized spacial score (nSPS) is 10.6. The molecule has 0 radical (unpaired) electrons. The standard InChI is InChI=1S/C12H12N2O3/c1-3-4-8-9(12(16)17)6-14-5-7(2)13-11(14)10(8)15/h3,5-6,15H,1,4H2,2H3,(H,16,17). The number of pyridine rings is 1. The highest BCUT2D eigenvalue weighted by Crippen LogP contribution is 2.27. The maximum Gasteiger partial charge on any atom is 0.337 e. The minimum atomic E-state index is -1.08. The van der Waals surface area contributed by atoms with Crippen LogP contribution in [0, 0.1) is 6.92 Å². The molecule has 5 heteroatoms. The lowest BCUT2D eigenvalue weighted by molar-refractivity contribution is 0.0694. The Balaban J connectivity index is 2.82. The molecule has 0 atom stereocenters. The molecule has 0 aliphatic carbocycles. The van der Waals surface area contributed by atoms with Gasteiger partial charge in [0.25, 0.3) is 0 Å². The predicted octanol–water partition coefficient (Wildman–Crippen LogP) is 1.78. The van der Waals surface area contributed by atoms with E-state index in [2.05, 4.69) is 11.6 Å². The molecule has 0 spiro atoms. The van der Waals surface area contributed by atoms with Crippen molar-refractivity contribution in [2.75, 3.05) is 0 Å². The summed E-state index contributed by atoms with van der Waals surface area (Å²) in [6.45, 7) is 5.33. The van der Waals surface area contributed by atoms with Crippen LogP contribution >= 0.6 is 0 Å². The molecule has 2 aromatic heterocycles. The molecular formula is C12H12N2O3. The van der Waals surface area contributed by atoms with E-state index < -0.39 is 5.97 Å². The molecule has 88 valence electrons. The lowest BCUT2D eigenvalue weighted by Gasteiger charge is -2.08. The Bertz CT molecular complexity index is 614. The van der Waals surface area contributed by atoms with Gasteiger partial charge in [0.1, 0.15) is 0 Å². The minimum Gasteiger partial charge on any atom is -0.504 e. The molecule has 0 bridgehead atoms. The molecule has 0 aromatic carbocycles. The predicted molar refractivity (Wildman–Crippen MR) is 62.5 cm³/mol. The maximum atomic E-state index is 11.1. The molecule has 2 aromatic rings. The van der Waals surface area contributed by atoms with Gasteiger partial charge in [-0.3, -0.25) is 0 Å². The number of rotatable bonds is 3. The fraction of sp³-hybridized carbons (Fsp3) is 0.167. The van der Waals surface area contributed by atoms with Gasteiger partial charge < -0.3 is 14.6 Å². The number of hydrogen-bond acceptors (Lipinski definition) is 3. The fourth-order valence-corrected chi connectivity index (χ4v) is 1.80. The number of hydrogen-bond donors (Lipinski definition) is 2. The van der Waals surface area contributed by atoms with Crippen molar-refractivity contribution in [3.05, 3.63) is 41.9 Å². The number of aromatic nitrogens is 2. The summed E-state index contributed by atoms with van der Waals surface area (Å²) in [4.78, 5) is 15.3. The number of carbonyl (C=O) groups is 1. The number of aromatic carboxylic acids is 1. The molecule has 0 saturated carbocycles. The minimum absolute atomic E-state index is 0.0623. The van der Waals surface area contributed by atoms with Crippen molar-refractivity contribution in [2.45, 2.75) is 13.3 Å². The molecule has 5 nitrogen and oxygen atoms in total. The summed E-state index contributed by atoms with van der Waals surface area (Å²) in [6.07, 6.45) is 4.96. The van der Waals surface area contributed by atoms with Gasteiger partial charge >= 0.3 is 5.97 Å². The van der Waals surface area contributed by atoms with Gasteiger partial charge in [-0.2, -0.15) is 0 Å². The number of fused-ring (bicyclic) bond motifs is 1. The van der Waals surface area contributed by atoms with Gasteiger partial charge in [0.2, 0.25) is 0 Å². The first-order valence-corrected chi connectivity index (χ1v) is 5.09. The number of carboxylic acids is 1. The third kappa shape index (κ3) is 1.75. The Morgan fingerprint density at radius 2 is 2.29 bits per heavy atom. The molecule has 2 N–H and O–H groups in total. The van der Waals surface area contributed by atoms with Gasteiger partial charge in [0.05, 0.1) is 11.3 Å². The highest BCUT2D eigenvalue weighted by molar-refractivity contribution is 5.91. The van der Waals surface area contributed by atoms with Gasteiger partial charge in [-0.25, -0.2) is 9.78 Å². The first-order chi connectivity index (χ1) is 8.04. The molecule has 2 heterocycles. The number of aromatic hydroxyl groups is 1. The average Bonchev–Trinajstić information content (AvgIpc) is 2.63. The van der Waals surface area contributed by atoms with E-state index in [-0.39, 0.29) is 17.7 Å². The van der Waals surface area contributed by atoms with Crippen LogP contribution in [0.25, 0.3) is 5.65 Å². The van der Waals surface area contributed by atoms with E-state index in [9.17, 15) is 9.90 Å². The van der Waals surface area contributed by atoms with E-state index in [1.54, 1.807) is 19.2 Å². The largest absolute Gasteiger partial charge is 0.504 e. The molecule has 0 aliphatic rings. The van der Waals surface area contributed by atoms with E-state index in [0.29, 0.717) is 16.9 Å². The first-order valence-electron chi connectivity index (χ1n) is 5.09. The summed E-state index contributed by atoms with van der Waals surface area (Å²) in [5.74, 6) is -1.18. The van der Waals surface area contributed by atoms with Gasteiger partial charge in [0.15, 0.2) is 11.4 Å². The van der Waals surface area contributed by atoms with E-state index in [4.69, 9.17) is 5.11 Å². The van der Waals surface area contributed by atoms with Crippen LogP contribution in [0.3, 0.4) is 0 Å². The number of imidazole rings is 1. The summed E-state index contributed by atoms with van der Waals surface area (Å²) < 4.78 is 1.51. The zero-order chi connectivity index (χ0) is 12.6. The third-order valence-corrected chi connectivity index (χ3v) is 2.52. The van der Waals surface area contributed by atoms with Crippen LogP contribution in [0.2, 0.25) is 0 Å². The first kappa shape index (κ1) is 11.2. The van der Waals surface area contributed by atoms with Crippen LogP contribution in [0.5, 0.6) is 5.75 Å². The second kappa shape index (κ2) is 3.93. The molecule has 0 amide bonds. The van der Waals surface area contributed by atoms with Crippen LogP contribution in [0.15, 0.2) is 25.0 Å². The van der Waals surface area contributed by atoms with E-state index in [1.165, 1.54) is 10.6 Å². The zero-order valence-corrected chi connectivity index (χ0v) is 9.34. The molecule has 0 unspecified atom stereocenters. The van der Waals surface area contributed by atoms with Crippen molar-refractivity contribution in [3.63, 3.8) is 0 Å². The zero-order valence-electron chi connectivity index (χ0n) is 9.34. The smallest absolute Gasteiger partial charge is 0.337 e. The second-order valence-corrected chi connectivity index (χ2v) is 3.78. The summed E-state index contributed by atoms with van der Waals surface area (Å²) in [6, 6.07) is 0. The fourth-order valence-electron chi connectivity index (χ4n) is 1.80. The van der Waals surface area contributed by atoms with Crippen LogP contribution in [-0.2, 0) is 6.42 Å². The maximum absolute atomic E-state index is 11.1. The SMILES string of the molecule is C=CCc1c(C(=O)O)cn2cc(C)nc2c1O. The molecule has 0 aliphatic heterocycles. The Kier molecular flexibility index (Phi) is 2.59. The monoisotopic (exact) mass is 232 g/mol. The van der Waals surface area contributed by atoms with Crippen LogP contribution < -0.4 is 0 Å². The highest BCUT2D eigenvalue weighted by Gasteiger charge is 2.18. The van der Waals surface area contributed by atoms with Crippen LogP contribution in [0.1, 0.15) is 21.6 Å². The Labute approximate surface area is 97.7 Å². The Hall–Kier alpha value is -2.30. The van der Waals surface area contributed by atoms with Crippen molar-refractivity contribution in [3.8, 4) is 5.75 Å². The highest BCUT2D eigenvalue weighted by atomic mass is 16.4. The molecule has 0 saturated heterocycles. The lowest BCUT2D eigenvalue weighted by Crippen LogP contribution is -2.05. The van der Waals surface area contributed by atoms with Gasteiger partial charge in [-0.1, -0.05) is 6.08 Å². The number of aryl methyl sites for hydroxylation is 1. The molecule has 0 fully saturated rings. The average molecular weight is 232 g/mol. The number of nitrogens with zero attached hydrogens (tertiary/aromatic N) is 2. The Morgan fingerprint density at radius 3 is 2.88 bits per heavy atom. The topological polar surface area (TPSA) is 74.8 Å². The van der Waals surface area contributed by atoms with Crippen molar-refractivity contribution in [2.24, 2.45) is 0 Å². The molecule has 2 rings (SSSR count). The van der Waals surface area contributed by atoms with Crippen molar-refractivity contribution >= 4 is 11.6 Å². The van der Waals surface area contributed by atoms with E-state index in [0.717, 1.165) is 0 Å². The van der Waals surface area contributed by atoms with E-state index >= 15 is 0 Å². The summed E-state index contributed by atoms with van der Waals surface area (Å²) >= 11 is 0. The molecular weight excluding hydrogens is 220 g/mol. The second-order valence-electron chi connectivity index (χ2n) is 3.78. The van der Waals surface area contributed by atoms with Gasteiger partial charge in [-0.15, -0.1) is 6.58 Å². The number of carboxylic acid groups (broad SMARTS) is 1. The van der Waals surface area contributed by atoms with Crippen molar-refractivity contribution in [1.82, 2.24) is 9.38 Å². The van der Waals surface area contributed by atoms with Crippen molar-refractivity contribution < 1.29 is 15.0 Å². The van der Waals surface area contributed by atoms with Crippen LogP contribution in [-0.4, -0.2) is 25.6 Å². The van der Waals surface area contributed by atoms with Crippen molar-refractivity contribution in [1.29, 1.82) is 0 Å². The van der Waals surface area contributed by atoms with Gasteiger partial charge in [0, 0.05) is 18.0 Å². The van der Waals surface area contributed by atoms with E-state index in [1.807, 2.05) is 0 Å². The van der Waals surface area contributed by atoms with Crippen LogP contribution in [0.4, 0.5) is 0 Å². The third-order valence-electron chi connectivity index (χ3n) is 2.52. The van der Waals surface area contributed by atoms with Gasteiger partial charge in [-0.05, 0) is 13.3 Å². The summed E-state index contributed by atoms with van der Waals surface area (Å²) in [5.41, 5.74) is 1.48. The number of allylic oxidation sites excluding steroid dienone is 1. The quantitative estimate of drug-likeness (QED) is 0.791. The summed E-state index contributed by atoms with van der Waals surface area (Å²) in [5, 5.41) is 19.1.